The van der Waals surface area contributed by atoms with Crippen molar-refractivity contribution in [1.82, 2.24) is 25.8 Å². The molecule has 6 atom stereocenters. The molecule has 2 aliphatic carbocycles. The Hall–Kier alpha value is -0.850. The van der Waals surface area contributed by atoms with Crippen LogP contribution in [0.4, 0.5) is 0 Å². The van der Waals surface area contributed by atoms with Gasteiger partial charge in [0.15, 0.2) is 5.96 Å². The van der Waals surface area contributed by atoms with Gasteiger partial charge in [-0.05, 0) is 87.5 Å². The Morgan fingerprint density at radius 3 is 2.47 bits per heavy atom. The summed E-state index contributed by atoms with van der Waals surface area (Å²) in [6.07, 6.45) is 14.4. The van der Waals surface area contributed by atoms with E-state index in [0.29, 0.717) is 18.4 Å². The quantitative estimate of drug-likeness (QED) is 0.523. The summed E-state index contributed by atoms with van der Waals surface area (Å²) >= 11 is 0. The Kier molecular flexibility index (Phi) is 7.01. The number of nitrogens with zero attached hydrogens (tertiary/aromatic N) is 2. The second kappa shape index (κ2) is 9.79. The van der Waals surface area contributed by atoms with Gasteiger partial charge in [-0.25, -0.2) is 0 Å². The number of guanidine groups is 1. The van der Waals surface area contributed by atoms with Crippen LogP contribution in [0.5, 0.6) is 0 Å². The van der Waals surface area contributed by atoms with Gasteiger partial charge >= 0.3 is 0 Å². The van der Waals surface area contributed by atoms with E-state index in [2.05, 4.69) is 46.6 Å². The normalized spacial score (nSPS) is 43.2. The van der Waals surface area contributed by atoms with Gasteiger partial charge in [-0.3, -0.25) is 16.0 Å². The molecular formula is C26H48N6. The predicted molar refractivity (Wildman–Crippen MR) is 131 cm³/mol. The van der Waals surface area contributed by atoms with E-state index in [0.717, 1.165) is 54.7 Å². The second-order valence-electron chi connectivity index (χ2n) is 12.0. The minimum Gasteiger partial charge on any atom is -0.338 e. The van der Waals surface area contributed by atoms with E-state index < -0.39 is 0 Å². The largest absolute Gasteiger partial charge is 0.338 e. The highest BCUT2D eigenvalue weighted by Gasteiger charge is 2.48. The SMILES string of the molecule is CC(C)C1CCCCC1C1NCC2C(N1)N(CC1CCC(C3CCCN3)CC1)C(=N)N2C. The number of hydrogen-bond acceptors (Lipinski definition) is 4. The number of likely N-dealkylation sites (N-methyl/N-ethyl adjacent to an activating group) is 1. The summed E-state index contributed by atoms with van der Waals surface area (Å²) < 4.78 is 0. The van der Waals surface area contributed by atoms with Crippen molar-refractivity contribution in [2.45, 2.75) is 102 Å². The summed E-state index contributed by atoms with van der Waals surface area (Å²) in [5.74, 6) is 4.67. The van der Waals surface area contributed by atoms with Crippen LogP contribution in [0.2, 0.25) is 0 Å². The van der Waals surface area contributed by atoms with Crippen LogP contribution in [0.15, 0.2) is 0 Å². The highest BCUT2D eigenvalue weighted by atomic mass is 15.5. The van der Waals surface area contributed by atoms with Crippen molar-refractivity contribution in [2.24, 2.45) is 29.6 Å². The summed E-state index contributed by atoms with van der Waals surface area (Å²) in [5.41, 5.74) is 0. The van der Waals surface area contributed by atoms with Crippen molar-refractivity contribution >= 4 is 5.96 Å². The lowest BCUT2D eigenvalue weighted by molar-refractivity contribution is 0.0610. The van der Waals surface area contributed by atoms with Gasteiger partial charge in [0.05, 0.1) is 12.2 Å². The first-order valence-corrected chi connectivity index (χ1v) is 13.8. The predicted octanol–water partition coefficient (Wildman–Crippen LogP) is 3.40. The maximum atomic E-state index is 8.89. The maximum absolute atomic E-state index is 8.89. The summed E-state index contributed by atoms with van der Waals surface area (Å²) in [7, 11) is 2.13. The zero-order valence-electron chi connectivity index (χ0n) is 20.8. The molecule has 0 amide bonds. The fraction of sp³-hybridized carbons (Fsp3) is 0.962. The summed E-state index contributed by atoms with van der Waals surface area (Å²) in [6.45, 7) is 8.12. The molecule has 0 radical (unpaired) electrons. The zero-order valence-corrected chi connectivity index (χ0v) is 20.8. The first kappa shape index (κ1) is 22.9. The van der Waals surface area contributed by atoms with E-state index in [-0.39, 0.29) is 0 Å². The molecule has 2 saturated carbocycles. The average molecular weight is 445 g/mol. The van der Waals surface area contributed by atoms with Gasteiger partial charge in [-0.2, -0.15) is 0 Å². The fourth-order valence-corrected chi connectivity index (χ4v) is 7.92. The summed E-state index contributed by atoms with van der Waals surface area (Å²) in [5, 5.41) is 20.6. The maximum Gasteiger partial charge on any atom is 0.195 e. The fourth-order valence-electron chi connectivity index (χ4n) is 7.92. The molecule has 3 saturated heterocycles. The number of rotatable bonds is 5. The molecule has 5 rings (SSSR count). The van der Waals surface area contributed by atoms with Crippen LogP contribution in [-0.4, -0.2) is 66.9 Å². The van der Waals surface area contributed by atoms with Crippen LogP contribution in [-0.2, 0) is 0 Å². The first-order valence-electron chi connectivity index (χ1n) is 13.8. The number of fused-ring (bicyclic) bond motifs is 1. The summed E-state index contributed by atoms with van der Waals surface area (Å²) in [4.78, 5) is 4.65. The second-order valence-corrected chi connectivity index (χ2v) is 12.0. The Labute approximate surface area is 196 Å². The smallest absolute Gasteiger partial charge is 0.195 e. The van der Waals surface area contributed by atoms with E-state index in [1.54, 1.807) is 0 Å². The molecule has 0 aromatic carbocycles. The number of nitrogens with one attached hydrogen (secondary N) is 4. The van der Waals surface area contributed by atoms with Gasteiger partial charge in [-0.1, -0.05) is 26.7 Å². The topological polar surface area (TPSA) is 66.4 Å². The molecular weight excluding hydrogens is 396 g/mol. The summed E-state index contributed by atoms with van der Waals surface area (Å²) in [6, 6.07) is 1.16. The Morgan fingerprint density at radius 1 is 0.969 bits per heavy atom. The van der Waals surface area contributed by atoms with Crippen molar-refractivity contribution in [3.63, 3.8) is 0 Å². The minimum atomic E-state index is 0.294. The highest BCUT2D eigenvalue weighted by molar-refractivity contribution is 5.80. The van der Waals surface area contributed by atoms with E-state index in [1.807, 2.05) is 0 Å². The van der Waals surface area contributed by atoms with Gasteiger partial charge in [0.1, 0.15) is 6.17 Å². The molecule has 0 bridgehead atoms. The van der Waals surface area contributed by atoms with Crippen LogP contribution in [0, 0.1) is 35.0 Å². The molecule has 6 unspecified atom stereocenters. The van der Waals surface area contributed by atoms with Crippen molar-refractivity contribution < 1.29 is 0 Å². The van der Waals surface area contributed by atoms with Gasteiger partial charge < -0.3 is 15.1 Å². The Bertz CT molecular complexity index is 638. The molecule has 0 spiro atoms. The van der Waals surface area contributed by atoms with Gasteiger partial charge in [0.2, 0.25) is 0 Å². The molecule has 6 heteroatoms. The molecule has 32 heavy (non-hydrogen) atoms. The van der Waals surface area contributed by atoms with E-state index >= 15 is 0 Å². The average Bonchev–Trinajstić information content (AvgIpc) is 3.43. The molecule has 5 aliphatic rings. The van der Waals surface area contributed by atoms with Crippen molar-refractivity contribution in [2.75, 3.05) is 26.7 Å². The Balaban J connectivity index is 1.22. The number of hydrogen-bond donors (Lipinski definition) is 4. The van der Waals surface area contributed by atoms with E-state index in [9.17, 15) is 0 Å². The van der Waals surface area contributed by atoms with E-state index in [1.165, 1.54) is 70.8 Å². The molecule has 4 N–H and O–H groups in total. The van der Waals surface area contributed by atoms with Crippen LogP contribution < -0.4 is 16.0 Å². The lowest BCUT2D eigenvalue weighted by Crippen LogP contribution is -2.67. The molecule has 6 nitrogen and oxygen atoms in total. The van der Waals surface area contributed by atoms with Crippen molar-refractivity contribution in [3.05, 3.63) is 0 Å². The standard InChI is InChI=1S/C26H48N6/c1-17(2)20-7-4-5-8-21(20)24-29-15-23-25(30-24)32(26(27)31(23)3)16-18-10-12-19(13-11-18)22-9-6-14-28-22/h17-25,27-30H,4-16H2,1-3H3. The molecule has 0 aromatic rings. The van der Waals surface area contributed by atoms with Gasteiger partial charge in [0, 0.05) is 26.2 Å². The van der Waals surface area contributed by atoms with Crippen LogP contribution >= 0.6 is 0 Å². The Morgan fingerprint density at radius 2 is 1.75 bits per heavy atom. The molecule has 0 aromatic heterocycles. The molecule has 5 fully saturated rings. The lowest BCUT2D eigenvalue weighted by Gasteiger charge is -2.46. The van der Waals surface area contributed by atoms with E-state index in [4.69, 9.17) is 5.41 Å². The third-order valence-corrected chi connectivity index (χ3v) is 9.87. The van der Waals surface area contributed by atoms with Gasteiger partial charge in [0.25, 0.3) is 0 Å². The van der Waals surface area contributed by atoms with Crippen LogP contribution in [0.1, 0.15) is 78.1 Å². The van der Waals surface area contributed by atoms with Crippen LogP contribution in [0.25, 0.3) is 0 Å². The third-order valence-electron chi connectivity index (χ3n) is 9.87. The lowest BCUT2D eigenvalue weighted by atomic mass is 9.71. The van der Waals surface area contributed by atoms with Crippen LogP contribution in [0.3, 0.4) is 0 Å². The molecule has 182 valence electrons. The van der Waals surface area contributed by atoms with Gasteiger partial charge in [-0.15, -0.1) is 0 Å². The third kappa shape index (κ3) is 4.44. The molecule has 3 heterocycles. The van der Waals surface area contributed by atoms with Crippen molar-refractivity contribution in [3.8, 4) is 0 Å². The highest BCUT2D eigenvalue weighted by Crippen LogP contribution is 2.39. The molecule has 3 aliphatic heterocycles. The van der Waals surface area contributed by atoms with Crippen molar-refractivity contribution in [1.29, 1.82) is 5.41 Å². The first-order chi connectivity index (χ1) is 15.5. The minimum absolute atomic E-state index is 0.294. The zero-order chi connectivity index (χ0) is 22.2. The monoisotopic (exact) mass is 444 g/mol.